The van der Waals surface area contributed by atoms with Crippen LogP contribution in [-0.2, 0) is 13.0 Å². The number of nitrogens with one attached hydrogen (secondary N) is 2. The smallest absolute Gasteiger partial charge is 0.251 e. The molecule has 4 heteroatoms. The normalized spacial score (nSPS) is 20.5. The Morgan fingerprint density at radius 3 is 2.96 bits per heavy atom. The summed E-state index contributed by atoms with van der Waals surface area (Å²) in [6.45, 7) is 6.78. The summed E-state index contributed by atoms with van der Waals surface area (Å²) in [6, 6.07) is 14.2. The molecule has 4 nitrogen and oxygen atoms in total. The van der Waals surface area contributed by atoms with E-state index in [1.165, 1.54) is 11.1 Å². The van der Waals surface area contributed by atoms with E-state index in [1.54, 1.807) is 0 Å². The predicted molar refractivity (Wildman–Crippen MR) is 103 cm³/mol. The van der Waals surface area contributed by atoms with E-state index in [4.69, 9.17) is 4.74 Å². The molecule has 1 atom stereocenters. The molecule has 2 aromatic rings. The van der Waals surface area contributed by atoms with E-state index in [1.807, 2.05) is 30.3 Å². The van der Waals surface area contributed by atoms with Gasteiger partial charge in [0, 0.05) is 25.1 Å². The second-order valence-electron chi connectivity index (χ2n) is 7.98. The number of carbonyl (C=O) groups excluding carboxylic acids is 1. The van der Waals surface area contributed by atoms with Crippen molar-refractivity contribution in [3.8, 4) is 5.75 Å². The molecule has 0 unspecified atom stereocenters. The summed E-state index contributed by atoms with van der Waals surface area (Å²) in [6.07, 6.45) is 2.04. The first-order valence-electron chi connectivity index (χ1n) is 9.40. The second kappa shape index (κ2) is 6.76. The third-order valence-corrected chi connectivity index (χ3v) is 5.26. The standard InChI is InChI=1S/C22H26N2O2/c1-22(2)12-19-10-15(6-7-20(19)26-22)13-24-21(25)17-5-3-4-16(11-17)18-8-9-23-14-18/h3-7,10-11,18,23H,8-9,12-14H2,1-2H3,(H,24,25)/t18-/m0/s1. The third kappa shape index (κ3) is 3.61. The highest BCUT2D eigenvalue weighted by Crippen LogP contribution is 2.35. The van der Waals surface area contributed by atoms with Gasteiger partial charge in [-0.1, -0.05) is 24.3 Å². The lowest BCUT2D eigenvalue weighted by Crippen LogP contribution is -2.24. The monoisotopic (exact) mass is 350 g/mol. The Bertz CT molecular complexity index is 823. The van der Waals surface area contributed by atoms with Crippen LogP contribution < -0.4 is 15.4 Å². The van der Waals surface area contributed by atoms with Crippen molar-refractivity contribution in [1.29, 1.82) is 0 Å². The van der Waals surface area contributed by atoms with Crippen LogP contribution in [0.15, 0.2) is 42.5 Å². The number of benzene rings is 2. The molecule has 136 valence electrons. The fraction of sp³-hybridized carbons (Fsp3) is 0.409. The molecule has 2 aliphatic heterocycles. The molecule has 0 spiro atoms. The van der Waals surface area contributed by atoms with E-state index in [0.29, 0.717) is 12.5 Å². The molecular weight excluding hydrogens is 324 g/mol. The minimum absolute atomic E-state index is 0.0186. The summed E-state index contributed by atoms with van der Waals surface area (Å²) in [7, 11) is 0. The van der Waals surface area contributed by atoms with E-state index in [9.17, 15) is 4.79 Å². The van der Waals surface area contributed by atoms with Gasteiger partial charge in [0.2, 0.25) is 0 Å². The highest BCUT2D eigenvalue weighted by Gasteiger charge is 2.29. The lowest BCUT2D eigenvalue weighted by atomic mass is 9.96. The van der Waals surface area contributed by atoms with Gasteiger partial charge in [-0.15, -0.1) is 0 Å². The molecule has 2 N–H and O–H groups in total. The third-order valence-electron chi connectivity index (χ3n) is 5.26. The van der Waals surface area contributed by atoms with Crippen LogP contribution in [0, 0.1) is 0 Å². The lowest BCUT2D eigenvalue weighted by molar-refractivity contribution is 0.0950. The summed E-state index contributed by atoms with van der Waals surface area (Å²) in [5.74, 6) is 1.46. The van der Waals surface area contributed by atoms with Gasteiger partial charge in [-0.3, -0.25) is 4.79 Å². The average Bonchev–Trinajstić information content (AvgIpc) is 3.25. The van der Waals surface area contributed by atoms with Gasteiger partial charge in [-0.25, -0.2) is 0 Å². The Kier molecular flexibility index (Phi) is 4.45. The summed E-state index contributed by atoms with van der Waals surface area (Å²) in [5, 5.41) is 6.43. The van der Waals surface area contributed by atoms with Crippen LogP contribution in [0.4, 0.5) is 0 Å². The molecule has 0 radical (unpaired) electrons. The summed E-state index contributed by atoms with van der Waals surface area (Å²) < 4.78 is 5.91. The molecule has 0 bridgehead atoms. The van der Waals surface area contributed by atoms with Crippen LogP contribution >= 0.6 is 0 Å². The Morgan fingerprint density at radius 2 is 2.15 bits per heavy atom. The molecule has 0 aliphatic carbocycles. The van der Waals surface area contributed by atoms with Gasteiger partial charge in [-0.2, -0.15) is 0 Å². The fourth-order valence-electron chi connectivity index (χ4n) is 3.93. The minimum Gasteiger partial charge on any atom is -0.487 e. The van der Waals surface area contributed by atoms with Gasteiger partial charge < -0.3 is 15.4 Å². The Labute approximate surface area is 155 Å². The van der Waals surface area contributed by atoms with Crippen molar-refractivity contribution >= 4 is 5.91 Å². The zero-order valence-electron chi connectivity index (χ0n) is 15.5. The van der Waals surface area contributed by atoms with Crippen LogP contribution in [0.1, 0.15) is 53.2 Å². The molecule has 2 aliphatic rings. The Balaban J connectivity index is 1.41. The highest BCUT2D eigenvalue weighted by molar-refractivity contribution is 5.94. The van der Waals surface area contributed by atoms with Gasteiger partial charge >= 0.3 is 0 Å². The topological polar surface area (TPSA) is 50.4 Å². The number of ether oxygens (including phenoxy) is 1. The largest absolute Gasteiger partial charge is 0.487 e. The molecule has 4 rings (SSSR count). The first kappa shape index (κ1) is 17.1. The number of hydrogen-bond acceptors (Lipinski definition) is 3. The van der Waals surface area contributed by atoms with E-state index in [2.05, 4.69) is 36.6 Å². The number of carbonyl (C=O) groups is 1. The zero-order chi connectivity index (χ0) is 18.1. The molecule has 1 saturated heterocycles. The maximum Gasteiger partial charge on any atom is 0.251 e. The van der Waals surface area contributed by atoms with Crippen LogP contribution in [0.25, 0.3) is 0 Å². The Hall–Kier alpha value is -2.33. The first-order valence-corrected chi connectivity index (χ1v) is 9.40. The molecule has 2 heterocycles. The quantitative estimate of drug-likeness (QED) is 0.888. The Morgan fingerprint density at radius 1 is 1.27 bits per heavy atom. The van der Waals surface area contributed by atoms with Crippen molar-refractivity contribution in [2.45, 2.75) is 44.8 Å². The van der Waals surface area contributed by atoms with E-state index in [0.717, 1.165) is 42.8 Å². The molecule has 2 aromatic carbocycles. The van der Waals surface area contributed by atoms with E-state index < -0.39 is 0 Å². The van der Waals surface area contributed by atoms with Crippen molar-refractivity contribution in [1.82, 2.24) is 10.6 Å². The van der Waals surface area contributed by atoms with Gasteiger partial charge in [-0.05, 0) is 67.6 Å². The first-order chi connectivity index (χ1) is 12.5. The van der Waals surface area contributed by atoms with Crippen molar-refractivity contribution in [3.63, 3.8) is 0 Å². The molecule has 0 saturated carbocycles. The van der Waals surface area contributed by atoms with Crippen LogP contribution in [0.3, 0.4) is 0 Å². The van der Waals surface area contributed by atoms with Gasteiger partial charge in [0.05, 0.1) is 0 Å². The molecular formula is C22H26N2O2. The van der Waals surface area contributed by atoms with E-state index >= 15 is 0 Å². The summed E-state index contributed by atoms with van der Waals surface area (Å²) >= 11 is 0. The molecule has 1 amide bonds. The second-order valence-corrected chi connectivity index (χ2v) is 7.98. The molecule has 0 aromatic heterocycles. The minimum atomic E-state index is -0.139. The molecule has 26 heavy (non-hydrogen) atoms. The van der Waals surface area contributed by atoms with Gasteiger partial charge in [0.15, 0.2) is 0 Å². The van der Waals surface area contributed by atoms with Gasteiger partial charge in [0.1, 0.15) is 11.4 Å². The van der Waals surface area contributed by atoms with Crippen molar-refractivity contribution < 1.29 is 9.53 Å². The summed E-state index contributed by atoms with van der Waals surface area (Å²) in [4.78, 5) is 12.6. The fourth-order valence-corrected chi connectivity index (χ4v) is 3.93. The number of rotatable bonds is 4. The summed E-state index contributed by atoms with van der Waals surface area (Å²) in [5.41, 5.74) is 4.17. The maximum absolute atomic E-state index is 12.6. The number of amides is 1. The predicted octanol–water partition coefficient (Wildman–Crippen LogP) is 3.41. The number of fused-ring (bicyclic) bond motifs is 1. The average molecular weight is 350 g/mol. The zero-order valence-corrected chi connectivity index (χ0v) is 15.5. The van der Waals surface area contributed by atoms with Crippen molar-refractivity contribution in [2.75, 3.05) is 13.1 Å². The lowest BCUT2D eigenvalue weighted by Gasteiger charge is -2.16. The number of hydrogen-bond donors (Lipinski definition) is 2. The van der Waals surface area contributed by atoms with Crippen molar-refractivity contribution in [3.05, 3.63) is 64.7 Å². The van der Waals surface area contributed by atoms with Crippen molar-refractivity contribution in [2.24, 2.45) is 0 Å². The van der Waals surface area contributed by atoms with Crippen LogP contribution in [0.2, 0.25) is 0 Å². The maximum atomic E-state index is 12.6. The molecule has 1 fully saturated rings. The van der Waals surface area contributed by atoms with Crippen LogP contribution in [0.5, 0.6) is 5.75 Å². The van der Waals surface area contributed by atoms with E-state index in [-0.39, 0.29) is 11.5 Å². The van der Waals surface area contributed by atoms with Crippen LogP contribution in [-0.4, -0.2) is 24.6 Å². The van der Waals surface area contributed by atoms with Gasteiger partial charge in [0.25, 0.3) is 5.91 Å². The SMILES string of the molecule is CC1(C)Cc2cc(CNC(=O)c3cccc([C@H]4CCNC4)c3)ccc2O1. The highest BCUT2D eigenvalue weighted by atomic mass is 16.5.